The molecule has 3 aromatic carbocycles. The fourth-order valence-electron chi connectivity index (χ4n) is 3.36. The Balaban J connectivity index is 1.73. The molecule has 4 nitrogen and oxygen atoms in total. The molecule has 0 aliphatic heterocycles. The normalized spacial score (nSPS) is 10.9. The summed E-state index contributed by atoms with van der Waals surface area (Å²) in [5, 5.41) is 11.9. The molecule has 0 radical (unpaired) electrons. The summed E-state index contributed by atoms with van der Waals surface area (Å²) in [6, 6.07) is 21.0. The van der Waals surface area contributed by atoms with Crippen molar-refractivity contribution in [2.24, 2.45) is 0 Å². The standard InChI is InChI=1S/C25H17ClF2O4S/c26-17-7-9-21(31-14-15-4-2-1-3-5-15)19(13-17)18-10-11-33-23(18)16-6-8-22(32-25(27)28)20(12-16)24(29)30/h1-13,25H,14H2,(H,29,30). The Kier molecular flexibility index (Phi) is 6.91. The number of alkyl halides is 2. The predicted molar refractivity (Wildman–Crippen MR) is 125 cm³/mol. The summed E-state index contributed by atoms with van der Waals surface area (Å²) in [6.45, 7) is -2.76. The number of hydrogen-bond donors (Lipinski definition) is 1. The summed E-state index contributed by atoms with van der Waals surface area (Å²) >= 11 is 7.65. The van der Waals surface area contributed by atoms with E-state index in [1.165, 1.54) is 23.5 Å². The van der Waals surface area contributed by atoms with Gasteiger partial charge in [0.25, 0.3) is 0 Å². The van der Waals surface area contributed by atoms with Crippen LogP contribution in [0.1, 0.15) is 15.9 Å². The molecule has 0 aliphatic rings. The van der Waals surface area contributed by atoms with Gasteiger partial charge in [0, 0.05) is 21.0 Å². The minimum atomic E-state index is -3.12. The zero-order valence-electron chi connectivity index (χ0n) is 17.0. The molecule has 4 aromatic rings. The SMILES string of the molecule is O=C(O)c1cc(-c2sccc2-c2cc(Cl)ccc2OCc2ccccc2)ccc1OC(F)F. The van der Waals surface area contributed by atoms with Crippen molar-refractivity contribution in [2.75, 3.05) is 0 Å². The topological polar surface area (TPSA) is 55.8 Å². The first-order valence-electron chi connectivity index (χ1n) is 9.79. The third-order valence-electron chi connectivity index (χ3n) is 4.82. The first-order valence-corrected chi connectivity index (χ1v) is 11.0. The van der Waals surface area contributed by atoms with E-state index in [1.807, 2.05) is 41.8 Å². The van der Waals surface area contributed by atoms with Crippen LogP contribution in [0.5, 0.6) is 11.5 Å². The number of ether oxygens (including phenoxy) is 2. The lowest BCUT2D eigenvalue weighted by molar-refractivity contribution is -0.0503. The van der Waals surface area contributed by atoms with Gasteiger partial charge < -0.3 is 14.6 Å². The van der Waals surface area contributed by atoms with Crippen molar-refractivity contribution in [3.05, 3.63) is 94.3 Å². The fourth-order valence-corrected chi connectivity index (χ4v) is 4.44. The molecule has 0 saturated carbocycles. The summed E-state index contributed by atoms with van der Waals surface area (Å²) in [5.41, 5.74) is 2.72. The van der Waals surface area contributed by atoms with Crippen molar-refractivity contribution >= 4 is 28.9 Å². The highest BCUT2D eigenvalue weighted by atomic mass is 35.5. The maximum Gasteiger partial charge on any atom is 0.387 e. The maximum atomic E-state index is 12.7. The van der Waals surface area contributed by atoms with Crippen LogP contribution >= 0.6 is 22.9 Å². The molecule has 0 fully saturated rings. The Hall–Kier alpha value is -3.42. The quantitative estimate of drug-likeness (QED) is 0.278. The number of benzene rings is 3. The van der Waals surface area contributed by atoms with Crippen molar-refractivity contribution in [1.29, 1.82) is 0 Å². The van der Waals surface area contributed by atoms with Crippen molar-refractivity contribution in [1.82, 2.24) is 0 Å². The monoisotopic (exact) mass is 486 g/mol. The Bertz CT molecular complexity index is 1270. The van der Waals surface area contributed by atoms with Gasteiger partial charge in [0.05, 0.1) is 0 Å². The molecular weight excluding hydrogens is 470 g/mol. The van der Waals surface area contributed by atoms with Crippen LogP contribution in [0.25, 0.3) is 21.6 Å². The second-order valence-corrected chi connectivity index (χ2v) is 8.33. The molecule has 0 amide bonds. The van der Waals surface area contributed by atoms with Crippen LogP contribution in [0.2, 0.25) is 5.02 Å². The fraction of sp³-hybridized carbons (Fsp3) is 0.0800. The smallest absolute Gasteiger partial charge is 0.387 e. The number of rotatable bonds is 8. The first-order chi connectivity index (χ1) is 15.9. The zero-order valence-corrected chi connectivity index (χ0v) is 18.6. The van der Waals surface area contributed by atoms with Crippen molar-refractivity contribution in [3.63, 3.8) is 0 Å². The van der Waals surface area contributed by atoms with Gasteiger partial charge in [0.1, 0.15) is 23.7 Å². The summed E-state index contributed by atoms with van der Waals surface area (Å²) in [6.07, 6.45) is 0. The zero-order chi connectivity index (χ0) is 23.4. The number of thiophene rings is 1. The van der Waals surface area contributed by atoms with Crippen molar-refractivity contribution in [3.8, 4) is 33.1 Å². The van der Waals surface area contributed by atoms with Gasteiger partial charge >= 0.3 is 12.6 Å². The number of carboxylic acids is 1. The molecular formula is C25H17ClF2O4S. The van der Waals surface area contributed by atoms with Crippen LogP contribution in [-0.2, 0) is 6.61 Å². The molecule has 33 heavy (non-hydrogen) atoms. The van der Waals surface area contributed by atoms with Gasteiger partial charge in [0.2, 0.25) is 0 Å². The van der Waals surface area contributed by atoms with E-state index >= 15 is 0 Å². The van der Waals surface area contributed by atoms with E-state index in [0.29, 0.717) is 22.9 Å². The first kappa shape index (κ1) is 22.8. The molecule has 0 bridgehead atoms. The minimum absolute atomic E-state index is 0.348. The van der Waals surface area contributed by atoms with Crippen LogP contribution in [-0.4, -0.2) is 17.7 Å². The summed E-state index contributed by atoms with van der Waals surface area (Å²) in [4.78, 5) is 12.4. The van der Waals surface area contributed by atoms with Gasteiger partial charge in [-0.3, -0.25) is 0 Å². The van der Waals surface area contributed by atoms with E-state index in [1.54, 1.807) is 24.3 Å². The third-order valence-corrected chi connectivity index (χ3v) is 6.02. The van der Waals surface area contributed by atoms with Crippen molar-refractivity contribution in [2.45, 2.75) is 13.2 Å². The summed E-state index contributed by atoms with van der Waals surface area (Å²) < 4.78 is 35.7. The van der Waals surface area contributed by atoms with Gasteiger partial charge in [-0.1, -0.05) is 41.9 Å². The van der Waals surface area contributed by atoms with Gasteiger partial charge in [-0.25, -0.2) is 4.79 Å². The molecule has 0 spiro atoms. The van der Waals surface area contributed by atoms with Crippen LogP contribution in [0.15, 0.2) is 78.2 Å². The highest BCUT2D eigenvalue weighted by molar-refractivity contribution is 7.14. The van der Waals surface area contributed by atoms with Crippen LogP contribution in [0.4, 0.5) is 8.78 Å². The molecule has 0 saturated heterocycles. The molecule has 8 heteroatoms. The molecule has 1 aromatic heterocycles. The second-order valence-electron chi connectivity index (χ2n) is 6.97. The molecule has 1 heterocycles. The maximum absolute atomic E-state index is 12.7. The average Bonchev–Trinajstić information content (AvgIpc) is 3.28. The largest absolute Gasteiger partial charge is 0.488 e. The van der Waals surface area contributed by atoms with Crippen molar-refractivity contribution < 1.29 is 28.2 Å². The number of halogens is 3. The number of carboxylic acid groups (broad SMARTS) is 1. The summed E-state index contributed by atoms with van der Waals surface area (Å²) in [5.74, 6) is -1.15. The van der Waals surface area contributed by atoms with Crippen LogP contribution in [0.3, 0.4) is 0 Å². The lowest BCUT2D eigenvalue weighted by Crippen LogP contribution is -2.07. The Labute approximate surface area is 197 Å². The van der Waals surface area contributed by atoms with E-state index < -0.39 is 18.3 Å². The predicted octanol–water partition coefficient (Wildman–Crippen LogP) is 7.61. The average molecular weight is 487 g/mol. The highest BCUT2D eigenvalue weighted by Crippen LogP contribution is 2.43. The lowest BCUT2D eigenvalue weighted by Gasteiger charge is -2.14. The van der Waals surface area contributed by atoms with Crippen LogP contribution < -0.4 is 9.47 Å². The van der Waals surface area contributed by atoms with Crippen LogP contribution in [0, 0.1) is 0 Å². The van der Waals surface area contributed by atoms with Gasteiger partial charge in [-0.2, -0.15) is 8.78 Å². The molecule has 4 rings (SSSR count). The Morgan fingerprint density at radius 2 is 1.73 bits per heavy atom. The van der Waals surface area contributed by atoms with E-state index in [-0.39, 0.29) is 5.56 Å². The number of aromatic carboxylic acids is 1. The number of hydrogen-bond acceptors (Lipinski definition) is 4. The van der Waals surface area contributed by atoms with E-state index in [9.17, 15) is 18.7 Å². The molecule has 0 aliphatic carbocycles. The lowest BCUT2D eigenvalue weighted by atomic mass is 10.00. The van der Waals surface area contributed by atoms with E-state index in [2.05, 4.69) is 4.74 Å². The van der Waals surface area contributed by atoms with E-state index in [4.69, 9.17) is 16.3 Å². The summed E-state index contributed by atoms with van der Waals surface area (Å²) in [7, 11) is 0. The molecule has 0 atom stereocenters. The molecule has 1 N–H and O–H groups in total. The van der Waals surface area contributed by atoms with Gasteiger partial charge in [0.15, 0.2) is 0 Å². The molecule has 0 unspecified atom stereocenters. The second kappa shape index (κ2) is 10.0. The highest BCUT2D eigenvalue weighted by Gasteiger charge is 2.19. The van der Waals surface area contributed by atoms with Gasteiger partial charge in [-0.15, -0.1) is 11.3 Å². The number of carbonyl (C=O) groups is 1. The molecule has 168 valence electrons. The Morgan fingerprint density at radius 3 is 2.45 bits per heavy atom. The minimum Gasteiger partial charge on any atom is -0.488 e. The Morgan fingerprint density at radius 1 is 0.970 bits per heavy atom. The third kappa shape index (κ3) is 5.32. The van der Waals surface area contributed by atoms with Gasteiger partial charge in [-0.05, 0) is 59.0 Å². The van der Waals surface area contributed by atoms with E-state index in [0.717, 1.165) is 21.6 Å².